The molecule has 24 heavy (non-hydrogen) atoms. The molecule has 1 aliphatic heterocycles. The number of carboxylic acid groups (broad SMARTS) is 1. The summed E-state index contributed by atoms with van der Waals surface area (Å²) in [4.78, 5) is 29.2. The molecule has 0 aromatic rings. The lowest BCUT2D eigenvalue weighted by atomic mass is 9.84. The summed E-state index contributed by atoms with van der Waals surface area (Å²) in [6.07, 6.45) is 1.08. The summed E-state index contributed by atoms with van der Waals surface area (Å²) in [7, 11) is 0. The van der Waals surface area contributed by atoms with E-state index in [-0.39, 0.29) is 17.9 Å². The first-order chi connectivity index (χ1) is 11.2. The van der Waals surface area contributed by atoms with Crippen molar-refractivity contribution < 1.29 is 24.3 Å². The number of nitrogens with one attached hydrogen (secondary N) is 1. The molecule has 1 aliphatic carbocycles. The average Bonchev–Trinajstić information content (AvgIpc) is 3.00. The number of carbonyl (C=O) groups excluding carboxylic acids is 1. The highest BCUT2D eigenvalue weighted by molar-refractivity contribution is 5.92. The van der Waals surface area contributed by atoms with Crippen molar-refractivity contribution in [3.05, 3.63) is 0 Å². The number of amides is 1. The normalized spacial score (nSPS) is 29.0. The largest absolute Gasteiger partial charge is 0.481 e. The molecular weight excluding hydrogens is 312 g/mol. The van der Waals surface area contributed by atoms with Crippen molar-refractivity contribution in [2.75, 3.05) is 0 Å². The summed E-state index contributed by atoms with van der Waals surface area (Å²) >= 11 is 0. The van der Waals surface area contributed by atoms with Crippen molar-refractivity contribution >= 4 is 17.8 Å². The fourth-order valence-electron chi connectivity index (χ4n) is 3.63. The number of hydrogen-bond donors (Lipinski definition) is 2. The molecule has 136 valence electrons. The number of carboxylic acids is 1. The molecule has 7 nitrogen and oxygen atoms in total. The Morgan fingerprint density at radius 3 is 2.50 bits per heavy atom. The fourth-order valence-corrected chi connectivity index (χ4v) is 3.63. The van der Waals surface area contributed by atoms with Gasteiger partial charge in [-0.3, -0.25) is 4.79 Å². The van der Waals surface area contributed by atoms with Gasteiger partial charge in [-0.25, -0.2) is 4.79 Å². The first-order valence-corrected chi connectivity index (χ1v) is 8.63. The lowest BCUT2D eigenvalue weighted by molar-refractivity contribution is -0.145. The molecule has 4 atom stereocenters. The molecule has 0 spiro atoms. The third-order valence-corrected chi connectivity index (χ3v) is 4.74. The molecule has 0 radical (unpaired) electrons. The van der Waals surface area contributed by atoms with Crippen LogP contribution in [-0.2, 0) is 14.4 Å². The van der Waals surface area contributed by atoms with Crippen LogP contribution >= 0.6 is 0 Å². The minimum Gasteiger partial charge on any atom is -0.481 e. The first-order valence-electron chi connectivity index (χ1n) is 8.63. The standard InChI is InChI=1S/C17H28N2O5/c1-6-9(7-2)13-12-11(18-16(22)23-17(3,4)5)8-10(15(20)21)14(12)24-19-13/h9-12,14H,6-8H2,1-5H3,(H,18,22)(H,20,21)/t10-,11+,12+,14+/m1/s1. The van der Waals surface area contributed by atoms with Gasteiger partial charge in [0.15, 0.2) is 6.10 Å². The van der Waals surface area contributed by atoms with Crippen LogP contribution in [0.25, 0.3) is 0 Å². The molecule has 2 rings (SSSR count). The molecule has 2 N–H and O–H groups in total. The van der Waals surface area contributed by atoms with Gasteiger partial charge in [-0.1, -0.05) is 19.0 Å². The lowest BCUT2D eigenvalue weighted by Gasteiger charge is -2.25. The van der Waals surface area contributed by atoms with Gasteiger partial charge in [0.1, 0.15) is 5.60 Å². The molecule has 1 saturated carbocycles. The van der Waals surface area contributed by atoms with E-state index in [0.717, 1.165) is 18.6 Å². The van der Waals surface area contributed by atoms with Gasteiger partial charge < -0.3 is 20.0 Å². The zero-order valence-corrected chi connectivity index (χ0v) is 15.0. The SMILES string of the molecule is CCC(CC)C1=NO[C@@H]2[C@H]1[C@@H](NC(=O)OC(C)(C)C)C[C@H]2C(=O)O. The molecule has 1 fully saturated rings. The number of carbonyl (C=O) groups is 2. The van der Waals surface area contributed by atoms with Gasteiger partial charge >= 0.3 is 12.1 Å². The Morgan fingerprint density at radius 1 is 1.38 bits per heavy atom. The molecular formula is C17H28N2O5. The highest BCUT2D eigenvalue weighted by atomic mass is 16.6. The van der Waals surface area contributed by atoms with Gasteiger partial charge in [0.25, 0.3) is 0 Å². The highest BCUT2D eigenvalue weighted by Gasteiger charge is 2.55. The average molecular weight is 340 g/mol. The van der Waals surface area contributed by atoms with Crippen molar-refractivity contribution in [2.45, 2.75) is 71.6 Å². The van der Waals surface area contributed by atoms with Crippen LogP contribution in [0, 0.1) is 17.8 Å². The number of oxime groups is 1. The van der Waals surface area contributed by atoms with Crippen LogP contribution in [0.4, 0.5) is 4.79 Å². The zero-order chi connectivity index (χ0) is 18.1. The van der Waals surface area contributed by atoms with Crippen LogP contribution in [0.1, 0.15) is 53.9 Å². The quantitative estimate of drug-likeness (QED) is 0.802. The van der Waals surface area contributed by atoms with E-state index < -0.39 is 29.7 Å². The van der Waals surface area contributed by atoms with Crippen LogP contribution in [0.15, 0.2) is 5.16 Å². The Morgan fingerprint density at radius 2 is 2.00 bits per heavy atom. The summed E-state index contributed by atoms with van der Waals surface area (Å²) in [5.74, 6) is -1.57. The second-order valence-electron chi connectivity index (χ2n) is 7.56. The van der Waals surface area contributed by atoms with E-state index in [4.69, 9.17) is 9.57 Å². The lowest BCUT2D eigenvalue weighted by Crippen LogP contribution is -2.45. The number of fused-ring (bicyclic) bond motifs is 1. The maximum Gasteiger partial charge on any atom is 0.407 e. The highest BCUT2D eigenvalue weighted by Crippen LogP contribution is 2.41. The van der Waals surface area contributed by atoms with Crippen LogP contribution < -0.4 is 5.32 Å². The number of alkyl carbamates (subject to hydrolysis) is 1. The molecule has 1 heterocycles. The summed E-state index contributed by atoms with van der Waals surface area (Å²) in [6.45, 7) is 9.52. The summed E-state index contributed by atoms with van der Waals surface area (Å²) in [6, 6.07) is -0.340. The van der Waals surface area contributed by atoms with E-state index >= 15 is 0 Å². The monoisotopic (exact) mass is 340 g/mol. The van der Waals surface area contributed by atoms with Crippen molar-refractivity contribution in [1.29, 1.82) is 0 Å². The maximum absolute atomic E-state index is 12.1. The second-order valence-corrected chi connectivity index (χ2v) is 7.56. The number of rotatable bonds is 5. The van der Waals surface area contributed by atoms with E-state index in [1.807, 2.05) is 0 Å². The molecule has 0 aromatic carbocycles. The zero-order valence-electron chi connectivity index (χ0n) is 15.0. The first kappa shape index (κ1) is 18.5. The minimum atomic E-state index is -0.917. The van der Waals surface area contributed by atoms with E-state index in [1.54, 1.807) is 20.8 Å². The van der Waals surface area contributed by atoms with Crippen molar-refractivity contribution in [3.63, 3.8) is 0 Å². The van der Waals surface area contributed by atoms with Crippen molar-refractivity contribution in [3.8, 4) is 0 Å². The Labute approximate surface area is 142 Å². The summed E-state index contributed by atoms with van der Waals surface area (Å²) < 4.78 is 5.31. The van der Waals surface area contributed by atoms with Crippen molar-refractivity contribution in [1.82, 2.24) is 5.32 Å². The van der Waals surface area contributed by atoms with Gasteiger partial charge in [-0.05, 0) is 40.0 Å². The Balaban J connectivity index is 2.18. The van der Waals surface area contributed by atoms with E-state index in [2.05, 4.69) is 24.3 Å². The smallest absolute Gasteiger partial charge is 0.407 e. The summed E-state index contributed by atoms with van der Waals surface area (Å²) in [5.41, 5.74) is 0.266. The topological polar surface area (TPSA) is 97.2 Å². The maximum atomic E-state index is 12.1. The van der Waals surface area contributed by atoms with Gasteiger partial charge in [-0.15, -0.1) is 0 Å². The fraction of sp³-hybridized carbons (Fsp3) is 0.824. The summed E-state index contributed by atoms with van der Waals surface area (Å²) in [5, 5.41) is 16.5. The van der Waals surface area contributed by atoms with E-state index in [0.29, 0.717) is 6.42 Å². The van der Waals surface area contributed by atoms with Crippen LogP contribution in [0.3, 0.4) is 0 Å². The van der Waals surface area contributed by atoms with Gasteiger partial charge in [0.05, 0.1) is 17.5 Å². The van der Waals surface area contributed by atoms with E-state index in [9.17, 15) is 14.7 Å². The second kappa shape index (κ2) is 6.99. The van der Waals surface area contributed by atoms with Gasteiger partial charge in [0.2, 0.25) is 0 Å². The third kappa shape index (κ3) is 3.82. The van der Waals surface area contributed by atoms with Gasteiger partial charge in [0, 0.05) is 12.0 Å². The Kier molecular flexibility index (Phi) is 5.40. The molecule has 0 aromatic heterocycles. The minimum absolute atomic E-state index is 0.205. The molecule has 1 amide bonds. The Bertz CT molecular complexity index is 522. The third-order valence-electron chi connectivity index (χ3n) is 4.74. The molecule has 0 saturated heterocycles. The number of nitrogens with zero attached hydrogens (tertiary/aromatic N) is 1. The van der Waals surface area contributed by atoms with Crippen LogP contribution in [0.5, 0.6) is 0 Å². The van der Waals surface area contributed by atoms with Crippen LogP contribution in [-0.4, -0.2) is 40.6 Å². The predicted octanol–water partition coefficient (Wildman–Crippen LogP) is 2.79. The molecule has 2 aliphatic rings. The van der Waals surface area contributed by atoms with E-state index in [1.165, 1.54) is 0 Å². The predicted molar refractivity (Wildman–Crippen MR) is 88.8 cm³/mol. The number of aliphatic carboxylic acids is 1. The number of hydrogen-bond acceptors (Lipinski definition) is 5. The molecule has 0 bridgehead atoms. The molecule has 0 unspecified atom stereocenters. The van der Waals surface area contributed by atoms with Crippen molar-refractivity contribution in [2.24, 2.45) is 22.9 Å². The van der Waals surface area contributed by atoms with Crippen LogP contribution in [0.2, 0.25) is 0 Å². The number of ether oxygens (including phenoxy) is 1. The van der Waals surface area contributed by atoms with Gasteiger partial charge in [-0.2, -0.15) is 0 Å². The molecule has 7 heteroatoms. The Hall–Kier alpha value is -1.79.